The van der Waals surface area contributed by atoms with Crippen LogP contribution in [0.4, 0.5) is 5.69 Å². The van der Waals surface area contributed by atoms with Gasteiger partial charge in [-0.15, -0.1) is 0 Å². The van der Waals surface area contributed by atoms with Gasteiger partial charge in [-0.3, -0.25) is 4.79 Å². The van der Waals surface area contributed by atoms with E-state index >= 15 is 0 Å². The highest BCUT2D eigenvalue weighted by molar-refractivity contribution is 7.90. The van der Waals surface area contributed by atoms with E-state index in [2.05, 4.69) is 20.0 Å². The quantitative estimate of drug-likeness (QED) is 0.457. The predicted octanol–water partition coefficient (Wildman–Crippen LogP) is 3.14. The summed E-state index contributed by atoms with van der Waals surface area (Å²) in [6.07, 6.45) is 1.07. The van der Waals surface area contributed by atoms with Crippen LogP contribution >= 0.6 is 11.6 Å². The summed E-state index contributed by atoms with van der Waals surface area (Å²) < 4.78 is 29.9. The number of carbonyl (C=O) groups excluding carboxylic acids is 2. The van der Waals surface area contributed by atoms with Gasteiger partial charge >= 0.3 is 5.97 Å². The molecule has 0 radical (unpaired) electrons. The van der Waals surface area contributed by atoms with Crippen molar-refractivity contribution >= 4 is 39.0 Å². The molecule has 0 fully saturated rings. The third kappa shape index (κ3) is 5.00. The first-order valence-electron chi connectivity index (χ1n) is 8.59. The van der Waals surface area contributed by atoms with Gasteiger partial charge in [-0.05, 0) is 29.8 Å². The van der Waals surface area contributed by atoms with Crippen molar-refractivity contribution in [2.75, 3.05) is 12.4 Å². The highest BCUT2D eigenvalue weighted by Gasteiger charge is 2.23. The molecule has 1 aromatic heterocycles. The maximum atomic E-state index is 12.6. The maximum Gasteiger partial charge on any atom is 0.337 e. The summed E-state index contributed by atoms with van der Waals surface area (Å²) in [5.41, 5.74) is 0.948. The number of nitrogens with zero attached hydrogens (tertiary/aromatic N) is 2. The molecule has 0 aliphatic rings. The summed E-state index contributed by atoms with van der Waals surface area (Å²) in [7, 11) is -2.63. The van der Waals surface area contributed by atoms with Crippen molar-refractivity contribution in [1.82, 2.24) is 9.97 Å². The molecule has 1 amide bonds. The topological polar surface area (TPSA) is 115 Å². The Morgan fingerprint density at radius 1 is 1.07 bits per heavy atom. The number of amides is 1. The van der Waals surface area contributed by atoms with E-state index in [1.54, 1.807) is 30.3 Å². The molecule has 0 spiro atoms. The SMILES string of the molecule is COC(=O)c1ccc(NC(=O)c2nc(S(=O)(=O)Cc3ccccc3)ncc2Cl)cc1. The second-order valence-corrected chi connectivity index (χ2v) is 8.41. The molecule has 1 heterocycles. The second-order valence-electron chi connectivity index (χ2n) is 6.12. The van der Waals surface area contributed by atoms with Crippen LogP contribution < -0.4 is 5.32 Å². The minimum Gasteiger partial charge on any atom is -0.465 e. The smallest absolute Gasteiger partial charge is 0.337 e. The van der Waals surface area contributed by atoms with Gasteiger partial charge in [0.25, 0.3) is 5.91 Å². The minimum atomic E-state index is -3.89. The first-order valence-corrected chi connectivity index (χ1v) is 10.6. The summed E-state index contributed by atoms with van der Waals surface area (Å²) in [5, 5.41) is 1.95. The minimum absolute atomic E-state index is 0.0997. The molecule has 8 nitrogen and oxygen atoms in total. The molecule has 3 aromatic rings. The van der Waals surface area contributed by atoms with E-state index in [1.165, 1.54) is 31.4 Å². The van der Waals surface area contributed by atoms with Crippen molar-refractivity contribution in [3.8, 4) is 0 Å². The first kappa shape index (κ1) is 21.4. The summed E-state index contributed by atoms with van der Waals surface area (Å²) in [5.74, 6) is -1.55. The van der Waals surface area contributed by atoms with Gasteiger partial charge in [0.2, 0.25) is 15.0 Å². The van der Waals surface area contributed by atoms with E-state index in [0.29, 0.717) is 16.8 Å². The van der Waals surface area contributed by atoms with Crippen LogP contribution in [0, 0.1) is 0 Å². The molecule has 0 bridgehead atoms. The molecular weight excluding hydrogens is 430 g/mol. The normalized spacial score (nSPS) is 11.0. The van der Waals surface area contributed by atoms with Gasteiger partial charge in [-0.25, -0.2) is 23.2 Å². The number of carbonyl (C=O) groups is 2. The number of aromatic nitrogens is 2. The van der Waals surface area contributed by atoms with E-state index in [9.17, 15) is 18.0 Å². The number of hydrogen-bond donors (Lipinski definition) is 1. The summed E-state index contributed by atoms with van der Waals surface area (Å²) >= 11 is 6.01. The molecule has 0 saturated carbocycles. The standard InChI is InChI=1S/C20H16ClN3O5S/c1-29-19(26)14-7-9-15(10-8-14)23-18(25)17-16(21)11-22-20(24-17)30(27,28)12-13-5-3-2-4-6-13/h2-11H,12H2,1H3,(H,23,25). The Morgan fingerprint density at radius 3 is 2.37 bits per heavy atom. The van der Waals surface area contributed by atoms with Crippen LogP contribution in [0.25, 0.3) is 0 Å². The molecule has 154 valence electrons. The molecule has 0 unspecified atom stereocenters. The molecular formula is C20H16ClN3O5S. The third-order valence-electron chi connectivity index (χ3n) is 3.98. The number of anilines is 1. The van der Waals surface area contributed by atoms with Gasteiger partial charge in [-0.1, -0.05) is 41.9 Å². The number of hydrogen-bond acceptors (Lipinski definition) is 7. The van der Waals surface area contributed by atoms with Crippen LogP contribution in [0.2, 0.25) is 5.02 Å². The Labute approximate surface area is 177 Å². The number of rotatable bonds is 6. The number of methoxy groups -OCH3 is 1. The first-order chi connectivity index (χ1) is 14.3. The van der Waals surface area contributed by atoms with E-state index in [4.69, 9.17) is 11.6 Å². The maximum absolute atomic E-state index is 12.6. The van der Waals surface area contributed by atoms with Gasteiger partial charge in [0.05, 0.1) is 29.6 Å². The molecule has 0 aliphatic carbocycles. The molecule has 0 saturated heterocycles. The highest BCUT2D eigenvalue weighted by atomic mass is 35.5. The largest absolute Gasteiger partial charge is 0.465 e. The third-order valence-corrected chi connectivity index (χ3v) is 5.72. The fourth-order valence-corrected chi connectivity index (χ4v) is 3.90. The van der Waals surface area contributed by atoms with E-state index < -0.39 is 26.9 Å². The highest BCUT2D eigenvalue weighted by Crippen LogP contribution is 2.19. The number of benzene rings is 2. The van der Waals surface area contributed by atoms with E-state index in [0.717, 1.165) is 6.20 Å². The number of esters is 1. The van der Waals surface area contributed by atoms with Crippen LogP contribution in [0.1, 0.15) is 26.4 Å². The lowest BCUT2D eigenvalue weighted by atomic mass is 10.2. The van der Waals surface area contributed by atoms with Gasteiger partial charge in [0, 0.05) is 5.69 Å². The average Bonchev–Trinajstić information content (AvgIpc) is 2.74. The number of halogens is 1. The molecule has 0 atom stereocenters. The van der Waals surface area contributed by atoms with Crippen LogP contribution in [0.5, 0.6) is 0 Å². The number of sulfone groups is 1. The lowest BCUT2D eigenvalue weighted by Gasteiger charge is -2.09. The van der Waals surface area contributed by atoms with Crippen molar-refractivity contribution in [3.05, 3.63) is 82.6 Å². The van der Waals surface area contributed by atoms with Crippen LogP contribution in [-0.2, 0) is 20.3 Å². The monoisotopic (exact) mass is 445 g/mol. The molecule has 10 heteroatoms. The Kier molecular flexibility index (Phi) is 6.43. The summed E-state index contributed by atoms with van der Waals surface area (Å²) in [6.45, 7) is 0. The van der Waals surface area contributed by atoms with Gasteiger partial charge < -0.3 is 10.1 Å². The summed E-state index contributed by atoms with van der Waals surface area (Å²) in [6, 6.07) is 14.5. The van der Waals surface area contributed by atoms with Crippen molar-refractivity contribution in [2.45, 2.75) is 10.9 Å². The van der Waals surface area contributed by atoms with E-state index in [1.807, 2.05) is 0 Å². The second kappa shape index (κ2) is 9.02. The fourth-order valence-electron chi connectivity index (χ4n) is 2.52. The lowest BCUT2D eigenvalue weighted by molar-refractivity contribution is 0.0600. The van der Waals surface area contributed by atoms with Gasteiger partial charge in [0.1, 0.15) is 0 Å². The van der Waals surface area contributed by atoms with Gasteiger partial charge in [-0.2, -0.15) is 0 Å². The van der Waals surface area contributed by atoms with Gasteiger partial charge in [0.15, 0.2) is 5.69 Å². The van der Waals surface area contributed by atoms with E-state index in [-0.39, 0.29) is 16.5 Å². The van der Waals surface area contributed by atoms with Crippen molar-refractivity contribution in [3.63, 3.8) is 0 Å². The molecule has 1 N–H and O–H groups in total. The molecule has 0 aliphatic heterocycles. The zero-order valence-corrected chi connectivity index (χ0v) is 17.3. The zero-order valence-electron chi connectivity index (χ0n) is 15.7. The van der Waals surface area contributed by atoms with Crippen LogP contribution in [-0.4, -0.2) is 37.4 Å². The molecule has 3 rings (SSSR count). The van der Waals surface area contributed by atoms with Crippen molar-refractivity contribution in [2.24, 2.45) is 0 Å². The Bertz CT molecular complexity index is 1180. The number of ether oxygens (including phenoxy) is 1. The Hall–Kier alpha value is -3.30. The average molecular weight is 446 g/mol. The molecule has 2 aromatic carbocycles. The Balaban J connectivity index is 1.82. The zero-order chi connectivity index (χ0) is 21.7. The van der Waals surface area contributed by atoms with Crippen LogP contribution in [0.15, 0.2) is 66.0 Å². The molecule has 30 heavy (non-hydrogen) atoms. The number of nitrogens with one attached hydrogen (secondary N) is 1. The summed E-state index contributed by atoms with van der Waals surface area (Å²) in [4.78, 5) is 31.7. The van der Waals surface area contributed by atoms with Crippen molar-refractivity contribution < 1.29 is 22.7 Å². The Morgan fingerprint density at radius 2 is 1.73 bits per heavy atom. The predicted molar refractivity (Wildman–Crippen MR) is 110 cm³/mol. The van der Waals surface area contributed by atoms with Crippen molar-refractivity contribution in [1.29, 1.82) is 0 Å². The fraction of sp³-hybridized carbons (Fsp3) is 0.100. The van der Waals surface area contributed by atoms with Crippen LogP contribution in [0.3, 0.4) is 0 Å². The lowest BCUT2D eigenvalue weighted by Crippen LogP contribution is -2.18.